The number of nitrogens with two attached hydrogens (primary N) is 1. The molecular weight excluding hydrogens is 356 g/mol. The van der Waals surface area contributed by atoms with Gasteiger partial charge in [-0.1, -0.05) is 12.1 Å². The number of carbonyl (C=O) groups is 1. The molecule has 0 radical (unpaired) electrons. The van der Waals surface area contributed by atoms with Crippen LogP contribution in [-0.4, -0.2) is 34.2 Å². The number of amides is 2. The summed E-state index contributed by atoms with van der Waals surface area (Å²) in [6.07, 6.45) is 3.55. The second kappa shape index (κ2) is 8.60. The lowest BCUT2D eigenvalue weighted by Crippen LogP contribution is -2.29. The van der Waals surface area contributed by atoms with Crippen LogP contribution in [0.2, 0.25) is 0 Å². The molecule has 2 amide bonds. The van der Waals surface area contributed by atoms with Gasteiger partial charge in [0.25, 0.3) is 0 Å². The number of para-hydroxylation sites is 2. The van der Waals surface area contributed by atoms with Crippen LogP contribution in [0.15, 0.2) is 30.6 Å². The molecule has 148 valence electrons. The zero-order valence-electron chi connectivity index (χ0n) is 16.5. The monoisotopic (exact) mass is 382 g/mol. The number of aromatic nitrogens is 3. The number of ether oxygens (including phenoxy) is 1. The first kappa shape index (κ1) is 19.5. The number of hydrogen-bond acceptors (Lipinski definition) is 5. The largest absolute Gasteiger partial charge is 0.495 e. The number of unbranched alkanes of at least 4 members (excludes halogenated alkanes) is 1. The predicted molar refractivity (Wildman–Crippen MR) is 111 cm³/mol. The summed E-state index contributed by atoms with van der Waals surface area (Å²) in [7, 11) is 1.57. The molecule has 0 atom stereocenters. The average Bonchev–Trinajstić information content (AvgIpc) is 3.11. The molecule has 8 heteroatoms. The highest BCUT2D eigenvalue weighted by Gasteiger charge is 2.12. The van der Waals surface area contributed by atoms with Gasteiger partial charge in [-0.05, 0) is 44.4 Å². The van der Waals surface area contributed by atoms with Gasteiger partial charge in [-0.25, -0.2) is 14.8 Å². The molecule has 28 heavy (non-hydrogen) atoms. The molecule has 0 saturated carbocycles. The van der Waals surface area contributed by atoms with Crippen molar-refractivity contribution in [1.82, 2.24) is 19.9 Å². The van der Waals surface area contributed by atoms with Crippen molar-refractivity contribution >= 4 is 28.6 Å². The molecule has 0 spiro atoms. The van der Waals surface area contributed by atoms with Gasteiger partial charge in [-0.2, -0.15) is 0 Å². The number of urea groups is 1. The molecular formula is C20H26N6O2. The molecule has 8 nitrogen and oxygen atoms in total. The summed E-state index contributed by atoms with van der Waals surface area (Å²) in [6, 6.07) is 7.06. The number of anilines is 2. The highest BCUT2D eigenvalue weighted by atomic mass is 16.5. The van der Waals surface area contributed by atoms with Gasteiger partial charge in [-0.15, -0.1) is 0 Å². The van der Waals surface area contributed by atoms with E-state index in [9.17, 15) is 4.79 Å². The SMILES string of the molecule is COc1ccccc1NC(=O)NCCCCn1cnc2c(N)nc(C)c(C)c21. The fourth-order valence-electron chi connectivity index (χ4n) is 3.14. The van der Waals surface area contributed by atoms with Gasteiger partial charge in [0.05, 0.1) is 24.6 Å². The van der Waals surface area contributed by atoms with Crippen LogP contribution in [0, 0.1) is 13.8 Å². The van der Waals surface area contributed by atoms with Crippen molar-refractivity contribution in [1.29, 1.82) is 0 Å². The van der Waals surface area contributed by atoms with Crippen molar-refractivity contribution in [3.63, 3.8) is 0 Å². The highest BCUT2D eigenvalue weighted by Crippen LogP contribution is 2.24. The van der Waals surface area contributed by atoms with Crippen LogP contribution in [-0.2, 0) is 6.54 Å². The van der Waals surface area contributed by atoms with Gasteiger partial charge in [0.15, 0.2) is 5.82 Å². The maximum Gasteiger partial charge on any atom is 0.319 e. The summed E-state index contributed by atoms with van der Waals surface area (Å²) < 4.78 is 7.33. The van der Waals surface area contributed by atoms with Crippen LogP contribution < -0.4 is 21.1 Å². The first-order valence-corrected chi connectivity index (χ1v) is 9.26. The highest BCUT2D eigenvalue weighted by molar-refractivity contribution is 5.91. The maximum absolute atomic E-state index is 12.1. The Morgan fingerprint density at radius 2 is 2.04 bits per heavy atom. The molecule has 0 aliphatic heterocycles. The van der Waals surface area contributed by atoms with E-state index in [2.05, 4.69) is 25.2 Å². The number of hydrogen-bond donors (Lipinski definition) is 3. The molecule has 2 aromatic heterocycles. The Bertz CT molecular complexity index is 982. The normalized spacial score (nSPS) is 10.8. The van der Waals surface area contributed by atoms with Gasteiger partial charge in [0.2, 0.25) is 0 Å². The molecule has 0 fully saturated rings. The Kier molecular flexibility index (Phi) is 5.98. The van der Waals surface area contributed by atoms with E-state index in [-0.39, 0.29) is 6.03 Å². The van der Waals surface area contributed by atoms with Gasteiger partial charge in [-0.3, -0.25) is 0 Å². The Morgan fingerprint density at radius 3 is 2.82 bits per heavy atom. The van der Waals surface area contributed by atoms with Crippen LogP contribution in [0.1, 0.15) is 24.1 Å². The third-order valence-electron chi connectivity index (χ3n) is 4.73. The number of fused-ring (bicyclic) bond motifs is 1. The van der Waals surface area contributed by atoms with E-state index < -0.39 is 0 Å². The van der Waals surface area contributed by atoms with Gasteiger partial charge < -0.3 is 25.7 Å². The Hall–Kier alpha value is -3.29. The molecule has 0 aliphatic carbocycles. The topological polar surface area (TPSA) is 107 Å². The van der Waals surface area contributed by atoms with E-state index in [1.807, 2.05) is 26.0 Å². The minimum atomic E-state index is -0.247. The van der Waals surface area contributed by atoms with Gasteiger partial charge in [0.1, 0.15) is 11.3 Å². The minimum Gasteiger partial charge on any atom is -0.495 e. The smallest absolute Gasteiger partial charge is 0.319 e. The van der Waals surface area contributed by atoms with Crippen LogP contribution >= 0.6 is 0 Å². The number of rotatable bonds is 7. The zero-order valence-corrected chi connectivity index (χ0v) is 16.5. The van der Waals surface area contributed by atoms with E-state index in [1.165, 1.54) is 0 Å². The number of nitrogen functional groups attached to an aromatic ring is 1. The number of nitrogens with zero attached hydrogens (tertiary/aromatic N) is 3. The lowest BCUT2D eigenvalue weighted by Gasteiger charge is -2.11. The standard InChI is InChI=1S/C20H26N6O2/c1-13-14(2)24-19(21)17-18(13)26(12-23-17)11-7-6-10-22-20(27)25-15-8-4-5-9-16(15)28-3/h4-5,8-9,12H,6-7,10-11H2,1-3H3,(H2,21,24)(H2,22,25,27). The molecule has 0 bridgehead atoms. The van der Waals surface area contributed by atoms with Crippen molar-refractivity contribution in [2.45, 2.75) is 33.2 Å². The fourth-order valence-corrected chi connectivity index (χ4v) is 3.14. The molecule has 3 aromatic rings. The Labute approximate surface area is 164 Å². The van der Waals surface area contributed by atoms with E-state index in [1.54, 1.807) is 25.6 Å². The number of carbonyl (C=O) groups excluding carboxylic acids is 1. The molecule has 3 rings (SSSR count). The summed E-state index contributed by atoms with van der Waals surface area (Å²) >= 11 is 0. The molecule has 2 heterocycles. The summed E-state index contributed by atoms with van der Waals surface area (Å²) in [5.74, 6) is 1.09. The van der Waals surface area contributed by atoms with Crippen molar-refractivity contribution in [3.05, 3.63) is 41.9 Å². The van der Waals surface area contributed by atoms with Crippen molar-refractivity contribution in [3.8, 4) is 5.75 Å². The van der Waals surface area contributed by atoms with Crippen molar-refractivity contribution in [2.75, 3.05) is 24.7 Å². The molecule has 4 N–H and O–H groups in total. The summed E-state index contributed by atoms with van der Waals surface area (Å²) in [6.45, 7) is 5.37. The minimum absolute atomic E-state index is 0.247. The molecule has 0 unspecified atom stereocenters. The lowest BCUT2D eigenvalue weighted by atomic mass is 10.2. The molecule has 1 aromatic carbocycles. The van der Waals surface area contributed by atoms with Crippen LogP contribution in [0.4, 0.5) is 16.3 Å². The third kappa shape index (κ3) is 4.16. The average molecular weight is 382 g/mol. The van der Waals surface area contributed by atoms with Crippen LogP contribution in [0.5, 0.6) is 5.75 Å². The summed E-state index contributed by atoms with van der Waals surface area (Å²) in [4.78, 5) is 20.8. The van der Waals surface area contributed by atoms with Crippen molar-refractivity contribution in [2.24, 2.45) is 0 Å². The van der Waals surface area contributed by atoms with Crippen LogP contribution in [0.3, 0.4) is 0 Å². The van der Waals surface area contributed by atoms with E-state index >= 15 is 0 Å². The second-order valence-corrected chi connectivity index (χ2v) is 6.63. The van der Waals surface area contributed by atoms with E-state index in [0.717, 1.165) is 41.7 Å². The number of nitrogens with one attached hydrogen (secondary N) is 2. The Morgan fingerprint density at radius 1 is 1.25 bits per heavy atom. The van der Waals surface area contributed by atoms with Gasteiger partial charge >= 0.3 is 6.03 Å². The maximum atomic E-state index is 12.1. The van der Waals surface area contributed by atoms with E-state index in [4.69, 9.17) is 10.5 Å². The zero-order chi connectivity index (χ0) is 20.1. The number of methoxy groups -OCH3 is 1. The predicted octanol–water partition coefficient (Wildman–Crippen LogP) is 3.24. The van der Waals surface area contributed by atoms with Crippen molar-refractivity contribution < 1.29 is 9.53 Å². The number of imidazole rings is 1. The number of aryl methyl sites for hydroxylation is 3. The molecule has 0 saturated heterocycles. The Balaban J connectivity index is 1.49. The molecule has 0 aliphatic rings. The first-order valence-electron chi connectivity index (χ1n) is 9.26. The van der Waals surface area contributed by atoms with Gasteiger partial charge in [0, 0.05) is 18.8 Å². The lowest BCUT2D eigenvalue weighted by molar-refractivity contribution is 0.251. The summed E-state index contributed by atoms with van der Waals surface area (Å²) in [5.41, 5.74) is 10.4. The fraction of sp³-hybridized carbons (Fsp3) is 0.350. The summed E-state index contributed by atoms with van der Waals surface area (Å²) in [5, 5.41) is 5.67. The number of benzene rings is 1. The second-order valence-electron chi connectivity index (χ2n) is 6.63. The number of pyridine rings is 1. The quantitative estimate of drug-likeness (QED) is 0.544. The van der Waals surface area contributed by atoms with Crippen LogP contribution in [0.25, 0.3) is 11.0 Å². The van der Waals surface area contributed by atoms with E-state index in [0.29, 0.717) is 23.8 Å². The first-order chi connectivity index (χ1) is 13.5. The third-order valence-corrected chi connectivity index (χ3v) is 4.73.